The van der Waals surface area contributed by atoms with Crippen molar-refractivity contribution >= 4 is 29.1 Å². The van der Waals surface area contributed by atoms with Crippen molar-refractivity contribution < 1.29 is 4.79 Å². The van der Waals surface area contributed by atoms with Crippen molar-refractivity contribution in [2.75, 3.05) is 5.32 Å². The third-order valence-corrected chi connectivity index (χ3v) is 2.77. The van der Waals surface area contributed by atoms with Crippen LogP contribution in [0, 0.1) is 6.92 Å². The Hall–Kier alpha value is -2.48. The maximum absolute atomic E-state index is 12.2. The molecular weight excluding hydrogens is 270 g/mol. The number of rotatable bonds is 2. The van der Waals surface area contributed by atoms with Crippen LogP contribution >= 0.6 is 11.6 Å². The number of hydrogen-bond acceptors (Lipinski definition) is 5. The summed E-state index contributed by atoms with van der Waals surface area (Å²) in [5, 5.41) is 16.0. The molecule has 0 aromatic carbocycles. The average molecular weight is 278 g/mol. The van der Waals surface area contributed by atoms with Crippen molar-refractivity contribution in [1.82, 2.24) is 30.0 Å². The van der Waals surface area contributed by atoms with Gasteiger partial charge in [-0.25, -0.2) is 4.98 Å². The highest BCUT2D eigenvalue weighted by Crippen LogP contribution is 2.16. The lowest BCUT2D eigenvalue weighted by Gasteiger charge is -2.02. The molecule has 19 heavy (non-hydrogen) atoms. The van der Waals surface area contributed by atoms with Crippen molar-refractivity contribution in [3.63, 3.8) is 0 Å². The van der Waals surface area contributed by atoms with Gasteiger partial charge in [0, 0.05) is 6.20 Å². The highest BCUT2D eigenvalue weighted by Gasteiger charge is 2.18. The number of hydrogen-bond donors (Lipinski definition) is 2. The lowest BCUT2D eigenvalue weighted by molar-refractivity contribution is 0.102. The number of aromatic nitrogens is 6. The largest absolute Gasteiger partial charge is 0.294 e. The van der Waals surface area contributed by atoms with Crippen LogP contribution in [0.15, 0.2) is 18.3 Å². The van der Waals surface area contributed by atoms with Gasteiger partial charge in [-0.3, -0.25) is 14.5 Å². The van der Waals surface area contributed by atoms with E-state index >= 15 is 0 Å². The van der Waals surface area contributed by atoms with Crippen molar-refractivity contribution in [2.24, 2.45) is 0 Å². The molecule has 3 rings (SSSR count). The Morgan fingerprint density at radius 3 is 3.05 bits per heavy atom. The Labute approximate surface area is 111 Å². The zero-order valence-electron chi connectivity index (χ0n) is 9.75. The van der Waals surface area contributed by atoms with Crippen molar-refractivity contribution in [3.8, 4) is 0 Å². The highest BCUT2D eigenvalue weighted by atomic mass is 35.5. The molecule has 9 heteroatoms. The van der Waals surface area contributed by atoms with Crippen LogP contribution in [0.3, 0.4) is 0 Å². The Morgan fingerprint density at radius 1 is 1.47 bits per heavy atom. The van der Waals surface area contributed by atoms with Crippen LogP contribution < -0.4 is 5.32 Å². The van der Waals surface area contributed by atoms with E-state index in [0.29, 0.717) is 22.1 Å². The molecule has 0 aliphatic rings. The standard InChI is InChI=1S/C10H8ClN7O/c1-5-8(9(19)13-10-14-16-17-15-10)18-4-6(11)2-3-7(18)12-5/h2-4H,1H3,(H2,13,14,15,16,17,19). The number of imidazole rings is 1. The van der Waals surface area contributed by atoms with Gasteiger partial charge in [0.1, 0.15) is 11.3 Å². The molecule has 0 aliphatic heterocycles. The number of fused-ring (bicyclic) bond motifs is 1. The molecule has 2 N–H and O–H groups in total. The predicted molar refractivity (Wildman–Crippen MR) is 67.1 cm³/mol. The number of nitrogens with zero attached hydrogens (tertiary/aromatic N) is 5. The molecule has 0 fully saturated rings. The molecular formula is C10H8ClN7O. The Morgan fingerprint density at radius 2 is 2.32 bits per heavy atom. The zero-order valence-corrected chi connectivity index (χ0v) is 10.5. The van der Waals surface area contributed by atoms with E-state index < -0.39 is 0 Å². The summed E-state index contributed by atoms with van der Waals surface area (Å²) in [6, 6.07) is 3.45. The second kappa shape index (κ2) is 4.32. The number of nitrogens with one attached hydrogen (secondary N) is 2. The van der Waals surface area contributed by atoms with E-state index in [0.717, 1.165) is 0 Å². The monoisotopic (exact) mass is 277 g/mol. The lowest BCUT2D eigenvalue weighted by atomic mass is 10.3. The first kappa shape index (κ1) is 11.6. The van der Waals surface area contributed by atoms with Gasteiger partial charge in [-0.15, -0.1) is 5.10 Å². The number of aryl methyl sites for hydroxylation is 1. The molecule has 0 spiro atoms. The van der Waals surface area contributed by atoms with Gasteiger partial charge in [0.15, 0.2) is 0 Å². The van der Waals surface area contributed by atoms with Crippen LogP contribution in [0.1, 0.15) is 16.2 Å². The Bertz CT molecular complexity index is 749. The molecule has 0 aliphatic carbocycles. The van der Waals surface area contributed by atoms with Crippen LogP contribution in [-0.4, -0.2) is 35.9 Å². The van der Waals surface area contributed by atoms with Gasteiger partial charge in [0.2, 0.25) is 0 Å². The highest BCUT2D eigenvalue weighted by molar-refractivity contribution is 6.30. The summed E-state index contributed by atoms with van der Waals surface area (Å²) in [5.74, 6) is -0.282. The number of anilines is 1. The summed E-state index contributed by atoms with van der Waals surface area (Å²) < 4.78 is 1.62. The van der Waals surface area contributed by atoms with Gasteiger partial charge in [0.25, 0.3) is 11.9 Å². The summed E-state index contributed by atoms with van der Waals surface area (Å²) >= 11 is 5.93. The second-order valence-electron chi connectivity index (χ2n) is 3.81. The maximum Gasteiger partial charge on any atom is 0.277 e. The van der Waals surface area contributed by atoms with Crippen molar-refractivity contribution in [3.05, 3.63) is 34.7 Å². The van der Waals surface area contributed by atoms with Crippen LogP contribution in [0.4, 0.5) is 5.95 Å². The summed E-state index contributed by atoms with van der Waals surface area (Å²) in [7, 11) is 0. The van der Waals surface area contributed by atoms with Gasteiger partial charge in [0.05, 0.1) is 10.7 Å². The molecule has 0 atom stereocenters. The van der Waals surface area contributed by atoms with E-state index in [1.165, 1.54) is 0 Å². The summed E-state index contributed by atoms with van der Waals surface area (Å²) in [5.41, 5.74) is 1.60. The van der Waals surface area contributed by atoms with E-state index in [2.05, 4.69) is 30.9 Å². The number of H-pyrrole nitrogens is 1. The SMILES string of the molecule is Cc1nc2ccc(Cl)cn2c1C(=O)Nc1nn[nH]n1. The lowest BCUT2D eigenvalue weighted by Crippen LogP contribution is -2.16. The Kier molecular flexibility index (Phi) is 2.64. The van der Waals surface area contributed by atoms with E-state index in [-0.39, 0.29) is 11.9 Å². The number of carbonyl (C=O) groups is 1. The summed E-state index contributed by atoms with van der Waals surface area (Å²) in [6.45, 7) is 1.74. The molecule has 0 radical (unpaired) electrons. The van der Waals surface area contributed by atoms with E-state index in [9.17, 15) is 4.79 Å². The number of amides is 1. The van der Waals surface area contributed by atoms with Crippen molar-refractivity contribution in [1.29, 1.82) is 0 Å². The Balaban J connectivity index is 2.06. The third kappa shape index (κ3) is 2.02. The molecule has 3 aromatic heterocycles. The smallest absolute Gasteiger partial charge is 0.277 e. The zero-order chi connectivity index (χ0) is 13.4. The fourth-order valence-corrected chi connectivity index (χ4v) is 1.95. The van der Waals surface area contributed by atoms with Crippen molar-refractivity contribution in [2.45, 2.75) is 6.92 Å². The molecule has 0 saturated heterocycles. The van der Waals surface area contributed by atoms with Crippen LogP contribution in [0.2, 0.25) is 5.02 Å². The number of pyridine rings is 1. The quantitative estimate of drug-likeness (QED) is 0.729. The first-order valence-electron chi connectivity index (χ1n) is 5.34. The van der Waals surface area contributed by atoms with Crippen LogP contribution in [0.25, 0.3) is 5.65 Å². The van der Waals surface area contributed by atoms with Crippen LogP contribution in [0.5, 0.6) is 0 Å². The normalized spacial score (nSPS) is 10.8. The van der Waals surface area contributed by atoms with E-state index in [4.69, 9.17) is 11.6 Å². The summed E-state index contributed by atoms with van der Waals surface area (Å²) in [4.78, 5) is 16.5. The van der Waals surface area contributed by atoms with Crippen LogP contribution in [-0.2, 0) is 0 Å². The molecule has 0 bridgehead atoms. The van der Waals surface area contributed by atoms with Gasteiger partial charge in [-0.1, -0.05) is 16.7 Å². The average Bonchev–Trinajstić information content (AvgIpc) is 2.95. The minimum absolute atomic E-state index is 0.0985. The molecule has 3 heterocycles. The molecule has 96 valence electrons. The minimum atomic E-state index is -0.381. The first-order valence-corrected chi connectivity index (χ1v) is 5.72. The number of halogens is 1. The third-order valence-electron chi connectivity index (χ3n) is 2.54. The van der Waals surface area contributed by atoms with Gasteiger partial charge in [-0.2, -0.15) is 5.21 Å². The predicted octanol–water partition coefficient (Wildman–Crippen LogP) is 1.06. The number of aromatic amines is 1. The molecule has 0 unspecified atom stereocenters. The first-order chi connectivity index (χ1) is 9.15. The molecule has 1 amide bonds. The fourth-order valence-electron chi connectivity index (χ4n) is 1.79. The van der Waals surface area contributed by atoms with E-state index in [1.807, 2.05) is 0 Å². The number of tetrazole rings is 1. The fraction of sp³-hybridized carbons (Fsp3) is 0.100. The number of carbonyl (C=O) groups excluding carboxylic acids is 1. The summed E-state index contributed by atoms with van der Waals surface area (Å²) in [6.07, 6.45) is 1.63. The maximum atomic E-state index is 12.2. The molecule has 0 saturated carbocycles. The second-order valence-corrected chi connectivity index (χ2v) is 4.25. The minimum Gasteiger partial charge on any atom is -0.294 e. The van der Waals surface area contributed by atoms with E-state index in [1.54, 1.807) is 29.7 Å². The topological polar surface area (TPSA) is 101 Å². The van der Waals surface area contributed by atoms with Gasteiger partial charge >= 0.3 is 0 Å². The van der Waals surface area contributed by atoms with Gasteiger partial charge < -0.3 is 0 Å². The molecule has 3 aromatic rings. The van der Waals surface area contributed by atoms with Gasteiger partial charge in [-0.05, 0) is 24.3 Å². The molecule has 8 nitrogen and oxygen atoms in total.